The smallest absolute Gasteiger partial charge is 0.335 e. The van der Waals surface area contributed by atoms with Crippen LogP contribution in [0.5, 0.6) is 0 Å². The zero-order chi connectivity index (χ0) is 12.3. The summed E-state index contributed by atoms with van der Waals surface area (Å²) in [6.07, 6.45) is 4.15. The van der Waals surface area contributed by atoms with Gasteiger partial charge in [0.25, 0.3) is 5.56 Å². The third-order valence-electron chi connectivity index (χ3n) is 3.20. The van der Waals surface area contributed by atoms with E-state index in [9.17, 15) is 9.59 Å². The van der Waals surface area contributed by atoms with Crippen LogP contribution in [0.15, 0.2) is 15.8 Å². The second-order valence-electron chi connectivity index (χ2n) is 4.37. The second kappa shape index (κ2) is 4.55. The van der Waals surface area contributed by atoms with Crippen LogP contribution < -0.4 is 17.1 Å². The Balaban J connectivity index is 3.36. The first-order chi connectivity index (χ1) is 7.44. The van der Waals surface area contributed by atoms with Gasteiger partial charge in [-0.3, -0.25) is 9.78 Å². The van der Waals surface area contributed by atoms with E-state index >= 15 is 0 Å². The third-order valence-corrected chi connectivity index (χ3v) is 3.20. The predicted octanol–water partition coefficient (Wildman–Crippen LogP) is 0.718. The third kappa shape index (κ3) is 2.18. The molecule has 1 unspecified atom stereocenters. The Hall–Kier alpha value is -1.52. The van der Waals surface area contributed by atoms with Crippen molar-refractivity contribution in [2.24, 2.45) is 0 Å². The summed E-state index contributed by atoms with van der Waals surface area (Å²) in [4.78, 5) is 25.1. The first kappa shape index (κ1) is 12.5. The second-order valence-corrected chi connectivity index (χ2v) is 4.37. The van der Waals surface area contributed by atoms with Crippen LogP contribution in [0.3, 0.4) is 0 Å². The minimum Gasteiger partial charge on any atom is -0.335 e. The van der Waals surface area contributed by atoms with Gasteiger partial charge in [-0.1, -0.05) is 27.2 Å². The van der Waals surface area contributed by atoms with Crippen molar-refractivity contribution in [3.63, 3.8) is 0 Å². The van der Waals surface area contributed by atoms with Crippen LogP contribution in [0.1, 0.15) is 45.6 Å². The van der Waals surface area contributed by atoms with Gasteiger partial charge in [0.05, 0.1) is 0 Å². The molecule has 0 bridgehead atoms. The molecule has 1 rings (SSSR count). The van der Waals surface area contributed by atoms with E-state index < -0.39 is 5.69 Å². The predicted molar refractivity (Wildman–Crippen MR) is 64.0 cm³/mol. The van der Waals surface area contributed by atoms with Gasteiger partial charge in [-0.2, -0.15) is 0 Å². The zero-order valence-corrected chi connectivity index (χ0v) is 10.0. The molecule has 0 aliphatic carbocycles. The summed E-state index contributed by atoms with van der Waals surface area (Å²) in [7, 11) is 0. The molecule has 1 aromatic rings. The molecule has 1 heterocycles. The SMILES string of the molecule is CCCC(C)(CC)c1cn(N)c(=O)[nH]c1=O. The Labute approximate surface area is 94.3 Å². The maximum Gasteiger partial charge on any atom is 0.346 e. The number of nitrogens with two attached hydrogens (primary N) is 1. The molecule has 5 nitrogen and oxygen atoms in total. The van der Waals surface area contributed by atoms with Crippen LogP contribution in [0.2, 0.25) is 0 Å². The molecule has 5 heteroatoms. The van der Waals surface area contributed by atoms with Crippen LogP contribution >= 0.6 is 0 Å². The molecule has 0 radical (unpaired) electrons. The van der Waals surface area contributed by atoms with Crippen LogP contribution in [-0.2, 0) is 5.41 Å². The number of nitrogens with zero attached hydrogens (tertiary/aromatic N) is 1. The van der Waals surface area contributed by atoms with E-state index in [0.717, 1.165) is 23.9 Å². The highest BCUT2D eigenvalue weighted by molar-refractivity contribution is 5.17. The quantitative estimate of drug-likeness (QED) is 0.741. The van der Waals surface area contributed by atoms with Crippen molar-refractivity contribution in [2.75, 3.05) is 5.84 Å². The number of aromatic nitrogens is 2. The van der Waals surface area contributed by atoms with E-state index in [0.29, 0.717) is 5.56 Å². The highest BCUT2D eigenvalue weighted by Gasteiger charge is 2.27. The van der Waals surface area contributed by atoms with Gasteiger partial charge in [0, 0.05) is 11.8 Å². The van der Waals surface area contributed by atoms with Gasteiger partial charge < -0.3 is 5.84 Å². The van der Waals surface area contributed by atoms with Crippen molar-refractivity contribution in [3.8, 4) is 0 Å². The number of hydrogen-bond donors (Lipinski definition) is 2. The number of nitrogen functional groups attached to an aromatic ring is 1. The van der Waals surface area contributed by atoms with Crippen molar-refractivity contribution in [3.05, 3.63) is 32.6 Å². The van der Waals surface area contributed by atoms with Crippen molar-refractivity contribution < 1.29 is 0 Å². The van der Waals surface area contributed by atoms with Gasteiger partial charge in [0.2, 0.25) is 0 Å². The van der Waals surface area contributed by atoms with Crippen molar-refractivity contribution in [1.82, 2.24) is 9.66 Å². The molecule has 3 N–H and O–H groups in total. The fourth-order valence-electron chi connectivity index (χ4n) is 1.97. The number of rotatable bonds is 4. The Morgan fingerprint density at radius 2 is 2.06 bits per heavy atom. The van der Waals surface area contributed by atoms with Crippen LogP contribution in [0, 0.1) is 0 Å². The molecule has 90 valence electrons. The summed E-state index contributed by atoms with van der Waals surface area (Å²) in [5.41, 5.74) is -0.552. The summed E-state index contributed by atoms with van der Waals surface area (Å²) in [5, 5.41) is 0. The molecule has 0 aliphatic heterocycles. The lowest BCUT2D eigenvalue weighted by molar-refractivity contribution is 0.405. The molecule has 0 aliphatic rings. The van der Waals surface area contributed by atoms with E-state index in [1.54, 1.807) is 0 Å². The molecule has 0 amide bonds. The van der Waals surface area contributed by atoms with Gasteiger partial charge in [0.15, 0.2) is 0 Å². The minimum absolute atomic E-state index is 0.225. The van der Waals surface area contributed by atoms with Crippen LogP contribution in [-0.4, -0.2) is 9.66 Å². The van der Waals surface area contributed by atoms with E-state index in [4.69, 9.17) is 5.84 Å². The first-order valence-corrected chi connectivity index (χ1v) is 5.56. The van der Waals surface area contributed by atoms with Gasteiger partial charge in [-0.05, 0) is 18.3 Å². The highest BCUT2D eigenvalue weighted by Crippen LogP contribution is 2.29. The van der Waals surface area contributed by atoms with Crippen LogP contribution in [0.25, 0.3) is 0 Å². The monoisotopic (exact) mass is 225 g/mol. The lowest BCUT2D eigenvalue weighted by Crippen LogP contribution is -2.40. The van der Waals surface area contributed by atoms with Crippen molar-refractivity contribution in [1.29, 1.82) is 0 Å². The lowest BCUT2D eigenvalue weighted by Gasteiger charge is -2.27. The molecule has 0 spiro atoms. The molecule has 0 aromatic carbocycles. The molecule has 0 fully saturated rings. The van der Waals surface area contributed by atoms with Crippen LogP contribution in [0.4, 0.5) is 0 Å². The van der Waals surface area contributed by atoms with Crippen molar-refractivity contribution in [2.45, 2.75) is 45.4 Å². The van der Waals surface area contributed by atoms with Gasteiger partial charge in [0.1, 0.15) is 0 Å². The first-order valence-electron chi connectivity index (χ1n) is 5.56. The molecular weight excluding hydrogens is 206 g/mol. The average Bonchev–Trinajstić information content (AvgIpc) is 2.23. The maximum atomic E-state index is 11.7. The average molecular weight is 225 g/mol. The Morgan fingerprint density at radius 1 is 1.44 bits per heavy atom. The minimum atomic E-state index is -0.580. The summed E-state index contributed by atoms with van der Waals surface area (Å²) >= 11 is 0. The molecule has 16 heavy (non-hydrogen) atoms. The Bertz CT molecular complexity index is 475. The Kier molecular flexibility index (Phi) is 3.57. The summed E-state index contributed by atoms with van der Waals surface area (Å²) in [6, 6.07) is 0. The molecule has 1 atom stereocenters. The van der Waals surface area contributed by atoms with E-state index in [1.165, 1.54) is 6.20 Å². The molecule has 0 saturated heterocycles. The van der Waals surface area contributed by atoms with E-state index in [2.05, 4.69) is 11.9 Å². The van der Waals surface area contributed by atoms with Crippen molar-refractivity contribution >= 4 is 0 Å². The summed E-state index contributed by atoms with van der Waals surface area (Å²) < 4.78 is 0.931. The van der Waals surface area contributed by atoms with Gasteiger partial charge in [-0.25, -0.2) is 9.47 Å². The molecule has 0 saturated carbocycles. The molecule has 1 aromatic heterocycles. The molecular formula is C11H19N3O2. The standard InChI is InChI=1S/C11H19N3O2/c1-4-6-11(3,5-2)8-7-14(12)10(16)13-9(8)15/h7H,4-6,12H2,1-3H3,(H,13,15,16). The topological polar surface area (TPSA) is 80.9 Å². The van der Waals surface area contributed by atoms with Gasteiger partial charge >= 0.3 is 5.69 Å². The highest BCUT2D eigenvalue weighted by atomic mass is 16.2. The maximum absolute atomic E-state index is 11.7. The fraction of sp³-hybridized carbons (Fsp3) is 0.636. The largest absolute Gasteiger partial charge is 0.346 e. The summed E-state index contributed by atoms with van der Waals surface area (Å²) in [6.45, 7) is 6.12. The number of aromatic amines is 1. The lowest BCUT2D eigenvalue weighted by atomic mass is 9.78. The normalized spacial score (nSPS) is 14.7. The zero-order valence-electron chi connectivity index (χ0n) is 10.0. The van der Waals surface area contributed by atoms with Gasteiger partial charge in [-0.15, -0.1) is 0 Å². The summed E-state index contributed by atoms with van der Waals surface area (Å²) in [5.74, 6) is 5.47. The van der Waals surface area contributed by atoms with E-state index in [1.807, 2.05) is 13.8 Å². The number of nitrogens with one attached hydrogen (secondary N) is 1. The van der Waals surface area contributed by atoms with E-state index in [-0.39, 0.29) is 11.0 Å². The fourth-order valence-corrected chi connectivity index (χ4v) is 1.97. The number of H-pyrrole nitrogens is 1. The Morgan fingerprint density at radius 3 is 2.56 bits per heavy atom. The number of hydrogen-bond acceptors (Lipinski definition) is 3.